The van der Waals surface area contributed by atoms with Crippen LogP contribution in [-0.2, 0) is 14.3 Å². The van der Waals surface area contributed by atoms with Crippen LogP contribution in [0.4, 0.5) is 10.6 Å². The number of aliphatic hydroxyl groups is 2. The third-order valence-corrected chi connectivity index (χ3v) is 7.99. The lowest BCUT2D eigenvalue weighted by atomic mass is 10.0. The number of amides is 2. The molecule has 14 heteroatoms. The highest BCUT2D eigenvalue weighted by Crippen LogP contribution is 2.35. The van der Waals surface area contributed by atoms with E-state index in [-0.39, 0.29) is 30.4 Å². The quantitative estimate of drug-likeness (QED) is 0.178. The van der Waals surface area contributed by atoms with Crippen molar-refractivity contribution in [1.29, 1.82) is 0 Å². The summed E-state index contributed by atoms with van der Waals surface area (Å²) in [6.45, 7) is -0.442. The second-order valence-corrected chi connectivity index (χ2v) is 9.92. The highest BCUT2D eigenvalue weighted by molar-refractivity contribution is 8.00. The maximum absolute atomic E-state index is 12.6. The normalized spacial score (nSPS) is 32.5. The van der Waals surface area contributed by atoms with Gasteiger partial charge in [0.25, 0.3) is 0 Å². The Morgan fingerprint density at radius 2 is 2.18 bits per heavy atom. The van der Waals surface area contributed by atoms with Crippen molar-refractivity contribution < 1.29 is 29.3 Å². The molecule has 2 amide bonds. The predicted molar refractivity (Wildman–Crippen MR) is 121 cm³/mol. The summed E-state index contributed by atoms with van der Waals surface area (Å²) in [4.78, 5) is 36.4. The zero-order chi connectivity index (χ0) is 23.8. The zero-order valence-electron chi connectivity index (χ0n) is 18.2. The van der Waals surface area contributed by atoms with Gasteiger partial charge in [0.1, 0.15) is 24.1 Å². The Bertz CT molecular complexity index is 1070. The van der Waals surface area contributed by atoms with Gasteiger partial charge in [0, 0.05) is 17.4 Å². The van der Waals surface area contributed by atoms with E-state index in [1.807, 2.05) is 11.8 Å². The van der Waals surface area contributed by atoms with E-state index < -0.39 is 37.1 Å². The summed E-state index contributed by atoms with van der Waals surface area (Å²) in [6.07, 6.45) is 1.06. The molecule has 184 valence electrons. The SMILES string of the molecule is Nc1ncnc2c1ncn2[C@@H]1O[C@H](CO)[C@@H](O)C1OC(=O)CCCC[C@@H]1SC[C@@H]2NC(=O)N[C@@H]21. The molecule has 2 aromatic heterocycles. The van der Waals surface area contributed by atoms with E-state index in [9.17, 15) is 19.8 Å². The molecular weight excluding hydrogens is 466 g/mol. The van der Waals surface area contributed by atoms with Crippen molar-refractivity contribution in [1.82, 2.24) is 30.2 Å². The van der Waals surface area contributed by atoms with Crippen LogP contribution in [-0.4, -0.2) is 89.7 Å². The van der Waals surface area contributed by atoms with Gasteiger partial charge in [-0.1, -0.05) is 6.42 Å². The van der Waals surface area contributed by atoms with Crippen LogP contribution in [0.25, 0.3) is 11.2 Å². The number of ether oxygens (including phenoxy) is 2. The minimum Gasteiger partial charge on any atom is -0.455 e. The van der Waals surface area contributed by atoms with Gasteiger partial charge < -0.3 is 36.1 Å². The number of rotatable bonds is 8. The topological polar surface area (TPSA) is 187 Å². The standard InChI is InChI=1S/C20H27N7O6S/c21-17-14-18(23-7-22-17)27(8-24-14)19-16(15(30)10(5-28)32-19)33-12(29)4-2-1-3-11-13-9(6-34-11)25-20(31)26-13/h7-11,13,15-16,19,28,30H,1-6H2,(H2,21,22,23)(H2,25,26,31)/t9-,10+,11-,13-,15+,16?,19+/m0/s1. The van der Waals surface area contributed by atoms with Crippen LogP contribution in [0.1, 0.15) is 31.9 Å². The number of aliphatic hydroxyl groups excluding tert-OH is 2. The molecule has 0 aromatic carbocycles. The zero-order valence-corrected chi connectivity index (χ0v) is 19.1. The molecule has 6 N–H and O–H groups in total. The van der Waals surface area contributed by atoms with Gasteiger partial charge in [0.15, 0.2) is 23.8 Å². The second-order valence-electron chi connectivity index (χ2n) is 8.64. The summed E-state index contributed by atoms with van der Waals surface area (Å²) in [7, 11) is 0. The average Bonchev–Trinajstić information content (AvgIpc) is 3.56. The highest BCUT2D eigenvalue weighted by Gasteiger charge is 2.47. The van der Waals surface area contributed by atoms with E-state index in [2.05, 4.69) is 25.6 Å². The number of urea groups is 1. The number of hydrogen-bond donors (Lipinski definition) is 5. The van der Waals surface area contributed by atoms with E-state index in [1.165, 1.54) is 17.2 Å². The molecule has 3 fully saturated rings. The molecule has 13 nitrogen and oxygen atoms in total. The molecule has 3 aliphatic heterocycles. The summed E-state index contributed by atoms with van der Waals surface area (Å²) < 4.78 is 12.9. The molecule has 0 bridgehead atoms. The number of unbranched alkanes of at least 4 members (excludes halogenated alkanes) is 1. The minimum absolute atomic E-state index is 0.114. The number of thioether (sulfide) groups is 1. The highest BCUT2D eigenvalue weighted by atomic mass is 32.2. The molecule has 1 unspecified atom stereocenters. The number of hydrogen-bond acceptors (Lipinski definition) is 11. The first-order valence-electron chi connectivity index (χ1n) is 11.2. The largest absolute Gasteiger partial charge is 0.455 e. The lowest BCUT2D eigenvalue weighted by molar-refractivity contribution is -0.158. The van der Waals surface area contributed by atoms with Gasteiger partial charge in [-0.25, -0.2) is 19.7 Å². The first-order valence-corrected chi connectivity index (χ1v) is 12.3. The van der Waals surface area contributed by atoms with Gasteiger partial charge >= 0.3 is 12.0 Å². The number of aromatic nitrogens is 4. The number of fused-ring (bicyclic) bond motifs is 2. The van der Waals surface area contributed by atoms with E-state index in [4.69, 9.17) is 15.2 Å². The number of nitrogen functional groups attached to an aromatic ring is 1. The monoisotopic (exact) mass is 493 g/mol. The molecule has 5 heterocycles. The first-order chi connectivity index (χ1) is 16.5. The van der Waals surface area contributed by atoms with Crippen molar-refractivity contribution in [3.63, 3.8) is 0 Å². The Labute approximate surface area is 198 Å². The first kappa shape index (κ1) is 23.1. The molecule has 0 aliphatic carbocycles. The lowest BCUT2D eigenvalue weighted by Gasteiger charge is -2.22. The number of nitrogens with zero attached hydrogens (tertiary/aromatic N) is 4. The van der Waals surface area contributed by atoms with Gasteiger partial charge in [0.05, 0.1) is 25.0 Å². The molecule has 2 aromatic rings. The van der Waals surface area contributed by atoms with Gasteiger partial charge in [-0.05, 0) is 12.8 Å². The van der Waals surface area contributed by atoms with Crippen molar-refractivity contribution in [2.75, 3.05) is 18.1 Å². The van der Waals surface area contributed by atoms with Gasteiger partial charge in [-0.15, -0.1) is 0 Å². The summed E-state index contributed by atoms with van der Waals surface area (Å²) in [5.41, 5.74) is 6.57. The van der Waals surface area contributed by atoms with E-state index in [0.717, 1.165) is 18.6 Å². The van der Waals surface area contributed by atoms with Crippen molar-refractivity contribution in [2.24, 2.45) is 0 Å². The van der Waals surface area contributed by atoms with E-state index >= 15 is 0 Å². The molecule has 7 atom stereocenters. The van der Waals surface area contributed by atoms with Gasteiger partial charge in [-0.2, -0.15) is 11.8 Å². The van der Waals surface area contributed by atoms with Crippen molar-refractivity contribution in [3.05, 3.63) is 12.7 Å². The number of nitrogens with one attached hydrogen (secondary N) is 2. The van der Waals surface area contributed by atoms with Crippen LogP contribution in [0.3, 0.4) is 0 Å². The van der Waals surface area contributed by atoms with Crippen LogP contribution in [0.15, 0.2) is 12.7 Å². The number of carbonyl (C=O) groups is 2. The van der Waals surface area contributed by atoms with Crippen LogP contribution in [0, 0.1) is 0 Å². The van der Waals surface area contributed by atoms with Crippen molar-refractivity contribution in [2.45, 2.75) is 67.6 Å². The summed E-state index contributed by atoms with van der Waals surface area (Å²) in [5.74, 6) is 0.611. The van der Waals surface area contributed by atoms with E-state index in [1.54, 1.807) is 0 Å². The fourth-order valence-corrected chi connectivity index (χ4v) is 6.29. The van der Waals surface area contributed by atoms with Crippen molar-refractivity contribution >= 4 is 40.7 Å². The van der Waals surface area contributed by atoms with Crippen LogP contribution in [0.5, 0.6) is 0 Å². The Balaban J connectivity index is 1.18. The number of carbonyl (C=O) groups excluding carboxylic acids is 2. The van der Waals surface area contributed by atoms with E-state index in [0.29, 0.717) is 22.8 Å². The molecule has 5 rings (SSSR count). The fourth-order valence-electron chi connectivity index (χ4n) is 4.74. The second kappa shape index (κ2) is 9.52. The van der Waals surface area contributed by atoms with Crippen LogP contribution in [0.2, 0.25) is 0 Å². The third-order valence-electron chi connectivity index (χ3n) is 6.48. The van der Waals surface area contributed by atoms with Gasteiger partial charge in [-0.3, -0.25) is 9.36 Å². The molecular formula is C20H27N7O6S. The lowest BCUT2D eigenvalue weighted by Crippen LogP contribution is -2.37. The number of esters is 1. The maximum atomic E-state index is 12.6. The Hall–Kier alpha value is -2.68. The molecule has 0 spiro atoms. The smallest absolute Gasteiger partial charge is 0.315 e. The average molecular weight is 494 g/mol. The fraction of sp³-hybridized carbons (Fsp3) is 0.650. The molecule has 0 radical (unpaired) electrons. The molecule has 3 aliphatic rings. The summed E-state index contributed by atoms with van der Waals surface area (Å²) in [5, 5.41) is 26.4. The number of imidazole rings is 1. The van der Waals surface area contributed by atoms with Crippen LogP contribution >= 0.6 is 11.8 Å². The number of nitrogens with two attached hydrogens (primary N) is 1. The summed E-state index contributed by atoms with van der Waals surface area (Å²) in [6, 6.07) is 0.193. The Kier molecular flexibility index (Phi) is 6.46. The number of anilines is 1. The maximum Gasteiger partial charge on any atom is 0.315 e. The molecule has 34 heavy (non-hydrogen) atoms. The summed E-state index contributed by atoms with van der Waals surface area (Å²) >= 11 is 1.83. The van der Waals surface area contributed by atoms with Gasteiger partial charge in [0.2, 0.25) is 0 Å². The Morgan fingerprint density at radius 3 is 3.00 bits per heavy atom. The Morgan fingerprint density at radius 1 is 1.32 bits per heavy atom. The van der Waals surface area contributed by atoms with Crippen molar-refractivity contribution in [3.8, 4) is 0 Å². The minimum atomic E-state index is -1.22. The third kappa shape index (κ3) is 4.26. The predicted octanol–water partition coefficient (Wildman–Crippen LogP) is -0.703. The molecule has 3 saturated heterocycles. The van der Waals surface area contributed by atoms with Crippen LogP contribution < -0.4 is 16.4 Å². The molecule has 0 saturated carbocycles.